The van der Waals surface area contributed by atoms with E-state index < -0.39 is 9.84 Å². The SMILES string of the molecule is CS(=O)(=O)C1=CC(C2CCNCC2)CC=C1. The second-order valence-corrected chi connectivity index (χ2v) is 6.75. The number of hydrogen-bond acceptors (Lipinski definition) is 3. The Morgan fingerprint density at radius 1 is 1.31 bits per heavy atom. The molecule has 0 bridgehead atoms. The smallest absolute Gasteiger partial charge is 0.175 e. The molecule has 0 aromatic heterocycles. The van der Waals surface area contributed by atoms with E-state index in [4.69, 9.17) is 0 Å². The maximum Gasteiger partial charge on any atom is 0.175 e. The molecule has 0 saturated carbocycles. The normalized spacial score (nSPS) is 27.8. The van der Waals surface area contributed by atoms with Gasteiger partial charge in [-0.1, -0.05) is 12.2 Å². The highest BCUT2D eigenvalue weighted by Gasteiger charge is 2.24. The number of allylic oxidation sites excluding steroid dienone is 3. The number of sulfone groups is 1. The van der Waals surface area contributed by atoms with Crippen LogP contribution in [-0.4, -0.2) is 27.8 Å². The van der Waals surface area contributed by atoms with Gasteiger partial charge in [0.15, 0.2) is 9.84 Å². The summed E-state index contributed by atoms with van der Waals surface area (Å²) in [4.78, 5) is 0.502. The first kappa shape index (κ1) is 11.9. The van der Waals surface area contributed by atoms with Crippen molar-refractivity contribution in [3.63, 3.8) is 0 Å². The van der Waals surface area contributed by atoms with E-state index in [-0.39, 0.29) is 0 Å². The molecule has 1 saturated heterocycles. The lowest BCUT2D eigenvalue weighted by molar-refractivity contribution is 0.298. The summed E-state index contributed by atoms with van der Waals surface area (Å²) in [6, 6.07) is 0. The van der Waals surface area contributed by atoms with Crippen molar-refractivity contribution in [2.24, 2.45) is 11.8 Å². The van der Waals surface area contributed by atoms with Crippen LogP contribution in [0, 0.1) is 11.8 Å². The Morgan fingerprint density at radius 3 is 2.62 bits per heavy atom. The average Bonchev–Trinajstić information content (AvgIpc) is 2.29. The van der Waals surface area contributed by atoms with Crippen LogP contribution in [0.1, 0.15) is 19.3 Å². The predicted molar refractivity (Wildman–Crippen MR) is 65.8 cm³/mol. The number of piperidine rings is 1. The van der Waals surface area contributed by atoms with Gasteiger partial charge in [0.25, 0.3) is 0 Å². The Morgan fingerprint density at radius 2 is 2.00 bits per heavy atom. The second kappa shape index (κ2) is 4.72. The predicted octanol–water partition coefficient (Wildman–Crippen LogP) is 1.49. The van der Waals surface area contributed by atoms with Gasteiger partial charge < -0.3 is 5.32 Å². The third kappa shape index (κ3) is 2.74. The summed E-state index contributed by atoms with van der Waals surface area (Å²) in [5.74, 6) is 1.06. The lowest BCUT2D eigenvalue weighted by atomic mass is 9.81. The van der Waals surface area contributed by atoms with Gasteiger partial charge in [0.2, 0.25) is 0 Å². The van der Waals surface area contributed by atoms with Crippen LogP contribution in [0.5, 0.6) is 0 Å². The third-order valence-corrected chi connectivity index (χ3v) is 4.61. The number of hydrogen-bond donors (Lipinski definition) is 1. The summed E-state index contributed by atoms with van der Waals surface area (Å²) in [7, 11) is -3.04. The lowest BCUT2D eigenvalue weighted by Crippen LogP contribution is -2.31. The summed E-state index contributed by atoms with van der Waals surface area (Å²) in [5, 5.41) is 3.34. The topological polar surface area (TPSA) is 46.2 Å². The number of nitrogens with one attached hydrogen (secondary N) is 1. The maximum absolute atomic E-state index is 11.5. The van der Waals surface area contributed by atoms with Gasteiger partial charge in [-0.2, -0.15) is 0 Å². The van der Waals surface area contributed by atoms with Crippen LogP contribution < -0.4 is 5.32 Å². The van der Waals surface area contributed by atoms with Gasteiger partial charge in [-0.15, -0.1) is 0 Å². The van der Waals surface area contributed by atoms with Gasteiger partial charge in [0, 0.05) is 6.26 Å². The standard InChI is InChI=1S/C12H19NO2S/c1-16(14,15)12-4-2-3-11(9-12)10-5-7-13-8-6-10/h2,4,9-11,13H,3,5-8H2,1H3. The summed E-state index contributed by atoms with van der Waals surface area (Å²) in [6.07, 6.45) is 10.3. The third-order valence-electron chi connectivity index (χ3n) is 3.49. The van der Waals surface area contributed by atoms with Gasteiger partial charge >= 0.3 is 0 Å². The molecule has 0 aromatic carbocycles. The van der Waals surface area contributed by atoms with Gasteiger partial charge in [0.05, 0.1) is 4.91 Å². The van der Waals surface area contributed by atoms with Crippen molar-refractivity contribution in [2.75, 3.05) is 19.3 Å². The fourth-order valence-electron chi connectivity index (χ4n) is 2.52. The Balaban J connectivity index is 2.12. The molecule has 0 radical (unpaired) electrons. The van der Waals surface area contributed by atoms with Gasteiger partial charge in [0.1, 0.15) is 0 Å². The van der Waals surface area contributed by atoms with E-state index in [0.717, 1.165) is 32.4 Å². The molecule has 1 aliphatic heterocycles. The molecule has 1 aliphatic carbocycles. The van der Waals surface area contributed by atoms with Gasteiger partial charge in [-0.05, 0) is 50.3 Å². The molecule has 0 amide bonds. The van der Waals surface area contributed by atoms with Crippen LogP contribution in [0.25, 0.3) is 0 Å². The molecule has 1 fully saturated rings. The van der Waals surface area contributed by atoms with E-state index in [9.17, 15) is 8.42 Å². The number of rotatable bonds is 2. The average molecular weight is 241 g/mol. The zero-order valence-corrected chi connectivity index (χ0v) is 10.5. The highest BCUT2D eigenvalue weighted by Crippen LogP contribution is 2.31. The van der Waals surface area contributed by atoms with E-state index in [0.29, 0.717) is 16.7 Å². The zero-order valence-electron chi connectivity index (χ0n) is 9.65. The molecule has 1 atom stereocenters. The molecule has 2 aliphatic rings. The molecule has 1 heterocycles. The van der Waals surface area contributed by atoms with Crippen molar-refractivity contribution in [1.29, 1.82) is 0 Å². The molecule has 1 N–H and O–H groups in total. The van der Waals surface area contributed by atoms with E-state index in [2.05, 4.69) is 5.32 Å². The largest absolute Gasteiger partial charge is 0.317 e. The van der Waals surface area contributed by atoms with Crippen LogP contribution >= 0.6 is 0 Å². The zero-order chi connectivity index (χ0) is 11.6. The highest BCUT2D eigenvalue weighted by atomic mass is 32.2. The summed E-state index contributed by atoms with van der Waals surface area (Å²) < 4.78 is 23.0. The Kier molecular flexibility index (Phi) is 3.50. The highest BCUT2D eigenvalue weighted by molar-refractivity contribution is 7.94. The van der Waals surface area contributed by atoms with Crippen LogP contribution in [-0.2, 0) is 9.84 Å². The molecule has 1 unspecified atom stereocenters. The minimum Gasteiger partial charge on any atom is -0.317 e. The molecular formula is C12H19NO2S. The Hall–Kier alpha value is -0.610. The quantitative estimate of drug-likeness (QED) is 0.796. The van der Waals surface area contributed by atoms with Crippen molar-refractivity contribution in [1.82, 2.24) is 5.32 Å². The van der Waals surface area contributed by atoms with Crippen LogP contribution in [0.15, 0.2) is 23.1 Å². The van der Waals surface area contributed by atoms with Gasteiger partial charge in [-0.25, -0.2) is 8.42 Å². The van der Waals surface area contributed by atoms with Gasteiger partial charge in [-0.3, -0.25) is 0 Å². The second-order valence-electron chi connectivity index (χ2n) is 4.73. The molecular weight excluding hydrogens is 222 g/mol. The maximum atomic E-state index is 11.5. The fraction of sp³-hybridized carbons (Fsp3) is 0.667. The van der Waals surface area contributed by atoms with Crippen LogP contribution in [0.4, 0.5) is 0 Å². The van der Waals surface area contributed by atoms with Crippen LogP contribution in [0.3, 0.4) is 0 Å². The lowest BCUT2D eigenvalue weighted by Gasteiger charge is -2.29. The Labute approximate surface area is 97.5 Å². The fourth-order valence-corrected chi connectivity index (χ4v) is 3.29. The van der Waals surface area contributed by atoms with E-state index in [1.165, 1.54) is 6.26 Å². The van der Waals surface area contributed by atoms with E-state index in [1.54, 1.807) is 6.08 Å². The van der Waals surface area contributed by atoms with Crippen LogP contribution in [0.2, 0.25) is 0 Å². The molecule has 0 spiro atoms. The first-order valence-corrected chi connectivity index (χ1v) is 7.75. The minimum atomic E-state index is -3.04. The summed E-state index contributed by atoms with van der Waals surface area (Å²) >= 11 is 0. The van der Waals surface area contributed by atoms with Crippen molar-refractivity contribution in [2.45, 2.75) is 19.3 Å². The minimum absolute atomic E-state index is 0.414. The molecule has 2 rings (SSSR count). The first-order chi connectivity index (χ1) is 7.57. The molecule has 90 valence electrons. The van der Waals surface area contributed by atoms with Crippen molar-refractivity contribution >= 4 is 9.84 Å². The molecule has 0 aromatic rings. The molecule has 3 nitrogen and oxygen atoms in total. The Bertz CT molecular complexity index is 403. The van der Waals surface area contributed by atoms with Crippen molar-refractivity contribution in [3.05, 3.63) is 23.1 Å². The van der Waals surface area contributed by atoms with Crippen molar-refractivity contribution < 1.29 is 8.42 Å². The monoisotopic (exact) mass is 241 g/mol. The van der Waals surface area contributed by atoms with E-state index >= 15 is 0 Å². The molecule has 4 heteroatoms. The molecule has 16 heavy (non-hydrogen) atoms. The van der Waals surface area contributed by atoms with E-state index in [1.807, 2.05) is 12.2 Å². The summed E-state index contributed by atoms with van der Waals surface area (Å²) in [6.45, 7) is 2.12. The summed E-state index contributed by atoms with van der Waals surface area (Å²) in [5.41, 5.74) is 0. The van der Waals surface area contributed by atoms with Crippen molar-refractivity contribution in [3.8, 4) is 0 Å². The first-order valence-electron chi connectivity index (χ1n) is 5.86.